The minimum atomic E-state index is 0.669. The van der Waals surface area contributed by atoms with Gasteiger partial charge in [-0.3, -0.25) is 4.90 Å². The van der Waals surface area contributed by atoms with Crippen molar-refractivity contribution in [3.05, 3.63) is 29.9 Å². The first-order valence-electron chi connectivity index (χ1n) is 6.72. The van der Waals surface area contributed by atoms with Crippen molar-refractivity contribution in [3.8, 4) is 0 Å². The fourth-order valence-electron chi connectivity index (χ4n) is 2.01. The lowest BCUT2D eigenvalue weighted by atomic mass is 10.3. The summed E-state index contributed by atoms with van der Waals surface area (Å²) >= 11 is 1.69. The van der Waals surface area contributed by atoms with Crippen molar-refractivity contribution in [2.75, 3.05) is 12.8 Å². The lowest BCUT2D eigenvalue weighted by Gasteiger charge is -2.19. The molecule has 0 fully saturated rings. The molecule has 2 heterocycles. The molecule has 0 amide bonds. The molecule has 0 N–H and O–H groups in total. The second kappa shape index (κ2) is 7.44. The summed E-state index contributed by atoms with van der Waals surface area (Å²) in [6.45, 7) is 4.60. The van der Waals surface area contributed by atoms with E-state index in [1.54, 1.807) is 11.8 Å². The molecule has 0 spiro atoms. The Morgan fingerprint density at radius 1 is 1.40 bits per heavy atom. The van der Waals surface area contributed by atoms with Crippen molar-refractivity contribution in [2.45, 2.75) is 32.2 Å². The summed E-state index contributed by atoms with van der Waals surface area (Å²) in [5, 5.41) is 3.98. The SMILES string of the molecule is CCCN(Cc1nc(CSC)no1)Cc1nccn1C. The number of aromatic nitrogens is 4. The predicted molar refractivity (Wildman–Crippen MR) is 79.1 cm³/mol. The number of rotatable bonds is 8. The summed E-state index contributed by atoms with van der Waals surface area (Å²) in [6.07, 6.45) is 6.89. The van der Waals surface area contributed by atoms with Gasteiger partial charge in [0, 0.05) is 19.4 Å². The van der Waals surface area contributed by atoms with E-state index in [9.17, 15) is 0 Å². The Bertz CT molecular complexity index is 524. The number of thioether (sulfide) groups is 1. The van der Waals surface area contributed by atoms with Gasteiger partial charge in [0.25, 0.3) is 0 Å². The second-order valence-corrected chi connectivity index (χ2v) is 5.57. The van der Waals surface area contributed by atoms with E-state index in [1.165, 1.54) is 0 Å². The van der Waals surface area contributed by atoms with E-state index in [2.05, 4.69) is 26.9 Å². The molecule has 6 nitrogen and oxygen atoms in total. The van der Waals surface area contributed by atoms with Crippen molar-refractivity contribution < 1.29 is 4.52 Å². The number of imidazole rings is 1. The number of nitrogens with zero attached hydrogens (tertiary/aromatic N) is 5. The normalized spacial score (nSPS) is 11.4. The van der Waals surface area contributed by atoms with Crippen LogP contribution in [0, 0.1) is 0 Å². The predicted octanol–water partition coefficient (Wildman–Crippen LogP) is 2.08. The monoisotopic (exact) mass is 295 g/mol. The molecule has 2 rings (SSSR count). The van der Waals surface area contributed by atoms with E-state index in [-0.39, 0.29) is 0 Å². The van der Waals surface area contributed by atoms with Crippen LogP contribution >= 0.6 is 11.8 Å². The maximum absolute atomic E-state index is 5.30. The number of aryl methyl sites for hydroxylation is 1. The molecule has 2 aromatic heterocycles. The van der Waals surface area contributed by atoms with Gasteiger partial charge in [0.15, 0.2) is 5.82 Å². The van der Waals surface area contributed by atoms with Gasteiger partial charge in [-0.2, -0.15) is 16.7 Å². The van der Waals surface area contributed by atoms with Gasteiger partial charge >= 0.3 is 0 Å². The molecule has 0 unspecified atom stereocenters. The van der Waals surface area contributed by atoms with Crippen LogP contribution in [0.1, 0.15) is 30.9 Å². The molecular formula is C13H21N5OS. The molecule has 110 valence electrons. The Hall–Kier alpha value is -1.34. The third-order valence-electron chi connectivity index (χ3n) is 2.97. The number of hydrogen-bond acceptors (Lipinski definition) is 6. The minimum absolute atomic E-state index is 0.669. The molecule has 0 aromatic carbocycles. The summed E-state index contributed by atoms with van der Waals surface area (Å²) in [5.74, 6) is 3.27. The summed E-state index contributed by atoms with van der Waals surface area (Å²) in [6, 6.07) is 0. The van der Waals surface area contributed by atoms with E-state index >= 15 is 0 Å². The van der Waals surface area contributed by atoms with E-state index < -0.39 is 0 Å². The molecule has 0 saturated heterocycles. The second-order valence-electron chi connectivity index (χ2n) is 4.70. The molecular weight excluding hydrogens is 274 g/mol. The molecule has 0 aliphatic rings. The number of hydrogen-bond donors (Lipinski definition) is 0. The Labute approximate surface area is 123 Å². The topological polar surface area (TPSA) is 60.0 Å². The van der Waals surface area contributed by atoms with Crippen LogP contribution < -0.4 is 0 Å². The first kappa shape index (κ1) is 15.1. The first-order chi connectivity index (χ1) is 9.72. The van der Waals surface area contributed by atoms with Gasteiger partial charge in [0.05, 0.1) is 18.8 Å². The maximum Gasteiger partial charge on any atom is 0.240 e. The highest BCUT2D eigenvalue weighted by atomic mass is 32.2. The molecule has 0 radical (unpaired) electrons. The highest BCUT2D eigenvalue weighted by molar-refractivity contribution is 7.97. The quantitative estimate of drug-likeness (QED) is 0.743. The Balaban J connectivity index is 1.99. The molecule has 0 atom stereocenters. The largest absolute Gasteiger partial charge is 0.338 e. The van der Waals surface area contributed by atoms with Gasteiger partial charge in [-0.1, -0.05) is 12.1 Å². The lowest BCUT2D eigenvalue weighted by molar-refractivity contribution is 0.213. The van der Waals surface area contributed by atoms with Crippen LogP contribution in [0.2, 0.25) is 0 Å². The van der Waals surface area contributed by atoms with Crippen LogP contribution in [-0.4, -0.2) is 37.4 Å². The van der Waals surface area contributed by atoms with Crippen LogP contribution in [0.15, 0.2) is 16.9 Å². The van der Waals surface area contributed by atoms with Gasteiger partial charge in [-0.25, -0.2) is 4.98 Å². The zero-order valence-electron chi connectivity index (χ0n) is 12.2. The summed E-state index contributed by atoms with van der Waals surface area (Å²) < 4.78 is 7.34. The van der Waals surface area contributed by atoms with E-state index in [0.717, 1.165) is 36.9 Å². The third kappa shape index (κ3) is 4.08. The smallest absolute Gasteiger partial charge is 0.240 e. The molecule has 0 saturated carbocycles. The summed E-state index contributed by atoms with van der Waals surface area (Å²) in [4.78, 5) is 11.0. The first-order valence-corrected chi connectivity index (χ1v) is 8.11. The van der Waals surface area contributed by atoms with Crippen LogP contribution in [0.3, 0.4) is 0 Å². The minimum Gasteiger partial charge on any atom is -0.338 e. The van der Waals surface area contributed by atoms with Gasteiger partial charge in [0.2, 0.25) is 5.89 Å². The van der Waals surface area contributed by atoms with Crippen molar-refractivity contribution in [1.82, 2.24) is 24.6 Å². The van der Waals surface area contributed by atoms with Crippen molar-refractivity contribution in [2.24, 2.45) is 7.05 Å². The lowest BCUT2D eigenvalue weighted by Crippen LogP contribution is -2.25. The van der Waals surface area contributed by atoms with Gasteiger partial charge < -0.3 is 9.09 Å². The molecule has 0 bridgehead atoms. The molecule has 2 aromatic rings. The molecule has 20 heavy (non-hydrogen) atoms. The zero-order chi connectivity index (χ0) is 14.4. The van der Waals surface area contributed by atoms with Crippen LogP contribution in [0.4, 0.5) is 0 Å². The highest BCUT2D eigenvalue weighted by Crippen LogP contribution is 2.10. The summed E-state index contributed by atoms with van der Waals surface area (Å²) in [5.41, 5.74) is 0. The average Bonchev–Trinajstić information content (AvgIpc) is 3.01. The van der Waals surface area contributed by atoms with Crippen LogP contribution in [0.25, 0.3) is 0 Å². The third-order valence-corrected chi connectivity index (χ3v) is 3.52. The Kier molecular flexibility index (Phi) is 5.60. The Morgan fingerprint density at radius 2 is 2.25 bits per heavy atom. The van der Waals surface area contributed by atoms with Gasteiger partial charge in [-0.15, -0.1) is 0 Å². The fourth-order valence-corrected chi connectivity index (χ4v) is 2.39. The molecule has 0 aliphatic heterocycles. The Morgan fingerprint density at radius 3 is 2.90 bits per heavy atom. The van der Waals surface area contributed by atoms with Gasteiger partial charge in [0.1, 0.15) is 5.82 Å². The summed E-state index contributed by atoms with van der Waals surface area (Å²) in [7, 11) is 2.01. The average molecular weight is 295 g/mol. The van der Waals surface area contributed by atoms with Crippen molar-refractivity contribution in [3.63, 3.8) is 0 Å². The van der Waals surface area contributed by atoms with E-state index in [1.807, 2.05) is 30.3 Å². The van der Waals surface area contributed by atoms with E-state index in [4.69, 9.17) is 4.52 Å². The standard InChI is InChI=1S/C13H21N5OS/c1-4-6-18(8-12-14-5-7-17(12)2)9-13-15-11(10-20-3)16-19-13/h5,7H,4,6,8-10H2,1-3H3. The van der Waals surface area contributed by atoms with Gasteiger partial charge in [-0.05, 0) is 19.2 Å². The maximum atomic E-state index is 5.30. The van der Waals surface area contributed by atoms with Crippen molar-refractivity contribution >= 4 is 11.8 Å². The van der Waals surface area contributed by atoms with Crippen LogP contribution in [0.5, 0.6) is 0 Å². The highest BCUT2D eigenvalue weighted by Gasteiger charge is 2.13. The van der Waals surface area contributed by atoms with Crippen molar-refractivity contribution in [1.29, 1.82) is 0 Å². The van der Waals surface area contributed by atoms with E-state index in [0.29, 0.717) is 12.4 Å². The van der Waals surface area contributed by atoms with Crippen LogP contribution in [-0.2, 0) is 25.9 Å². The fraction of sp³-hybridized carbons (Fsp3) is 0.615. The zero-order valence-corrected chi connectivity index (χ0v) is 13.1. The molecule has 0 aliphatic carbocycles. The molecule has 7 heteroatoms.